The average molecular weight is 218 g/mol. The van der Waals surface area contributed by atoms with Crippen LogP contribution in [0.1, 0.15) is 33.6 Å². The molecular formula is C11H22O2S. The van der Waals surface area contributed by atoms with Crippen LogP contribution in [0, 0.1) is 5.92 Å². The predicted molar refractivity (Wildman–Crippen MR) is 62.0 cm³/mol. The average Bonchev–Trinajstić information content (AvgIpc) is 2.12. The van der Waals surface area contributed by atoms with Crippen LogP contribution in [-0.2, 0) is 9.47 Å². The number of rotatable bonds is 4. The molecule has 1 rings (SSSR count). The molecule has 1 saturated heterocycles. The Hall–Kier alpha value is 0.270. The van der Waals surface area contributed by atoms with Gasteiger partial charge in [0.25, 0.3) is 0 Å². The van der Waals surface area contributed by atoms with Crippen molar-refractivity contribution < 1.29 is 9.47 Å². The van der Waals surface area contributed by atoms with Crippen LogP contribution < -0.4 is 0 Å². The first-order valence-electron chi connectivity index (χ1n) is 5.49. The van der Waals surface area contributed by atoms with E-state index in [1.54, 1.807) is 0 Å². The van der Waals surface area contributed by atoms with E-state index in [-0.39, 0.29) is 0 Å². The quantitative estimate of drug-likeness (QED) is 0.731. The molecule has 1 aliphatic heterocycles. The van der Waals surface area contributed by atoms with Gasteiger partial charge in [0.05, 0.1) is 24.9 Å². The van der Waals surface area contributed by atoms with Crippen LogP contribution in [0.4, 0.5) is 0 Å². The van der Waals surface area contributed by atoms with Crippen LogP contribution in [0.3, 0.4) is 0 Å². The van der Waals surface area contributed by atoms with E-state index in [1.165, 1.54) is 0 Å². The van der Waals surface area contributed by atoms with Gasteiger partial charge in [-0.3, -0.25) is 0 Å². The van der Waals surface area contributed by atoms with E-state index in [9.17, 15) is 0 Å². The Morgan fingerprint density at radius 2 is 1.93 bits per heavy atom. The van der Waals surface area contributed by atoms with Crippen molar-refractivity contribution in [3.05, 3.63) is 0 Å². The normalized spacial score (nSPS) is 35.6. The van der Waals surface area contributed by atoms with Gasteiger partial charge in [0, 0.05) is 0 Å². The van der Waals surface area contributed by atoms with Crippen molar-refractivity contribution in [3.8, 4) is 0 Å². The smallest absolute Gasteiger partial charge is 0.0624 e. The molecule has 0 N–H and O–H groups in total. The van der Waals surface area contributed by atoms with Crippen molar-refractivity contribution in [2.24, 2.45) is 5.92 Å². The van der Waals surface area contributed by atoms with E-state index in [0.717, 1.165) is 25.2 Å². The minimum absolute atomic E-state index is 0.343. The zero-order valence-corrected chi connectivity index (χ0v) is 10.3. The summed E-state index contributed by atoms with van der Waals surface area (Å²) >= 11 is 4.24. The standard InChI is InChI=1S/C11H22O2S/c1-8(7-14)6-12-11-4-9(2)13-10(3)5-11/h8-11,14H,4-7H2,1-3H3. The van der Waals surface area contributed by atoms with Crippen LogP contribution in [0.2, 0.25) is 0 Å². The molecule has 84 valence electrons. The third kappa shape index (κ3) is 4.20. The Kier molecular flexibility index (Phi) is 5.28. The van der Waals surface area contributed by atoms with E-state index in [4.69, 9.17) is 9.47 Å². The van der Waals surface area contributed by atoms with Crippen LogP contribution >= 0.6 is 12.6 Å². The lowest BCUT2D eigenvalue weighted by Gasteiger charge is -2.32. The zero-order valence-electron chi connectivity index (χ0n) is 9.40. The van der Waals surface area contributed by atoms with Gasteiger partial charge in [-0.05, 0) is 38.4 Å². The maximum atomic E-state index is 5.85. The van der Waals surface area contributed by atoms with Gasteiger partial charge in [0.1, 0.15) is 0 Å². The van der Waals surface area contributed by atoms with Crippen molar-refractivity contribution in [1.82, 2.24) is 0 Å². The molecule has 0 bridgehead atoms. The van der Waals surface area contributed by atoms with Crippen molar-refractivity contribution >= 4 is 12.6 Å². The van der Waals surface area contributed by atoms with Crippen molar-refractivity contribution in [1.29, 1.82) is 0 Å². The number of hydrogen-bond acceptors (Lipinski definition) is 3. The summed E-state index contributed by atoms with van der Waals surface area (Å²) in [5.41, 5.74) is 0. The first-order chi connectivity index (χ1) is 6.61. The lowest BCUT2D eigenvalue weighted by atomic mass is 10.0. The Morgan fingerprint density at radius 3 is 2.43 bits per heavy atom. The Labute approximate surface area is 92.8 Å². The van der Waals surface area contributed by atoms with Gasteiger partial charge in [-0.1, -0.05) is 6.92 Å². The molecule has 0 saturated carbocycles. The highest BCUT2D eigenvalue weighted by atomic mass is 32.1. The van der Waals surface area contributed by atoms with E-state index in [1.807, 2.05) is 0 Å². The van der Waals surface area contributed by atoms with E-state index in [2.05, 4.69) is 33.4 Å². The summed E-state index contributed by atoms with van der Waals surface area (Å²) in [5, 5.41) is 0. The summed E-state index contributed by atoms with van der Waals surface area (Å²) in [6.07, 6.45) is 3.13. The van der Waals surface area contributed by atoms with E-state index in [0.29, 0.717) is 24.2 Å². The summed E-state index contributed by atoms with van der Waals surface area (Å²) in [6.45, 7) is 7.23. The van der Waals surface area contributed by atoms with Crippen LogP contribution in [0.15, 0.2) is 0 Å². The predicted octanol–water partition coefficient (Wildman–Crippen LogP) is 2.52. The molecule has 0 radical (unpaired) electrons. The first-order valence-corrected chi connectivity index (χ1v) is 6.13. The van der Waals surface area contributed by atoms with Crippen molar-refractivity contribution in [3.63, 3.8) is 0 Å². The molecule has 3 atom stereocenters. The third-order valence-corrected chi connectivity index (χ3v) is 3.21. The van der Waals surface area contributed by atoms with Crippen molar-refractivity contribution in [2.75, 3.05) is 12.4 Å². The summed E-state index contributed by atoms with van der Waals surface area (Å²) in [4.78, 5) is 0. The van der Waals surface area contributed by atoms with Gasteiger partial charge >= 0.3 is 0 Å². The Morgan fingerprint density at radius 1 is 1.36 bits per heavy atom. The molecule has 0 spiro atoms. The largest absolute Gasteiger partial charge is 0.378 e. The van der Waals surface area contributed by atoms with Gasteiger partial charge in [-0.25, -0.2) is 0 Å². The number of hydrogen-bond donors (Lipinski definition) is 1. The summed E-state index contributed by atoms with van der Waals surface area (Å²) in [5.74, 6) is 1.45. The molecule has 1 heterocycles. The second-order valence-electron chi connectivity index (χ2n) is 4.47. The lowest BCUT2D eigenvalue weighted by Crippen LogP contribution is -2.34. The molecule has 0 aromatic carbocycles. The first kappa shape index (κ1) is 12.3. The molecule has 0 amide bonds. The number of thiol groups is 1. The minimum atomic E-state index is 0.343. The third-order valence-electron chi connectivity index (χ3n) is 2.58. The highest BCUT2D eigenvalue weighted by Crippen LogP contribution is 2.22. The van der Waals surface area contributed by atoms with E-state index >= 15 is 0 Å². The highest BCUT2D eigenvalue weighted by molar-refractivity contribution is 7.80. The summed E-state index contributed by atoms with van der Waals surface area (Å²) < 4.78 is 11.5. The fraction of sp³-hybridized carbons (Fsp3) is 1.00. The fourth-order valence-electron chi connectivity index (χ4n) is 1.83. The van der Waals surface area contributed by atoms with E-state index < -0.39 is 0 Å². The molecule has 0 aromatic rings. The van der Waals surface area contributed by atoms with Gasteiger partial charge in [-0.15, -0.1) is 0 Å². The Balaban J connectivity index is 2.23. The highest BCUT2D eigenvalue weighted by Gasteiger charge is 2.24. The van der Waals surface area contributed by atoms with Crippen molar-refractivity contribution in [2.45, 2.75) is 51.9 Å². The summed E-state index contributed by atoms with van der Waals surface area (Å²) in [6, 6.07) is 0. The topological polar surface area (TPSA) is 18.5 Å². The molecule has 14 heavy (non-hydrogen) atoms. The minimum Gasteiger partial charge on any atom is -0.378 e. The zero-order chi connectivity index (χ0) is 10.6. The molecule has 0 aliphatic carbocycles. The van der Waals surface area contributed by atoms with Gasteiger partial charge < -0.3 is 9.47 Å². The molecule has 3 heteroatoms. The van der Waals surface area contributed by atoms with Gasteiger partial charge in [-0.2, -0.15) is 12.6 Å². The SMILES string of the molecule is CC(CS)COC1CC(C)OC(C)C1. The van der Waals surface area contributed by atoms with Crippen LogP contribution in [0.25, 0.3) is 0 Å². The van der Waals surface area contributed by atoms with Crippen LogP contribution in [0.5, 0.6) is 0 Å². The molecule has 0 aromatic heterocycles. The number of ether oxygens (including phenoxy) is 2. The monoisotopic (exact) mass is 218 g/mol. The Bertz CT molecular complexity index is 153. The maximum absolute atomic E-state index is 5.85. The maximum Gasteiger partial charge on any atom is 0.0624 e. The molecular weight excluding hydrogens is 196 g/mol. The van der Waals surface area contributed by atoms with Gasteiger partial charge in [0.2, 0.25) is 0 Å². The summed E-state index contributed by atoms with van der Waals surface area (Å²) in [7, 11) is 0. The van der Waals surface area contributed by atoms with Gasteiger partial charge in [0.15, 0.2) is 0 Å². The second kappa shape index (κ2) is 5.99. The second-order valence-corrected chi connectivity index (χ2v) is 4.84. The molecule has 1 fully saturated rings. The molecule has 3 unspecified atom stereocenters. The molecule has 2 nitrogen and oxygen atoms in total. The molecule has 1 aliphatic rings. The lowest BCUT2D eigenvalue weighted by molar-refractivity contribution is -0.105. The van der Waals surface area contributed by atoms with Crippen LogP contribution in [-0.4, -0.2) is 30.7 Å². The fourth-order valence-corrected chi connectivity index (χ4v) is 1.94.